The summed E-state index contributed by atoms with van der Waals surface area (Å²) < 4.78 is 5.65. The van der Waals surface area contributed by atoms with E-state index in [0.717, 1.165) is 32.3 Å². The molecular formula is C19H32O2. The third-order valence-electron chi connectivity index (χ3n) is 3.83. The van der Waals surface area contributed by atoms with Crippen LogP contribution in [0.4, 0.5) is 0 Å². The Morgan fingerprint density at radius 2 is 1.57 bits per heavy atom. The van der Waals surface area contributed by atoms with Crippen molar-refractivity contribution in [3.05, 3.63) is 35.9 Å². The van der Waals surface area contributed by atoms with Crippen LogP contribution in [0, 0.1) is 0 Å². The van der Waals surface area contributed by atoms with Crippen molar-refractivity contribution < 1.29 is 9.84 Å². The van der Waals surface area contributed by atoms with E-state index in [4.69, 9.17) is 4.74 Å². The molecule has 1 rings (SSSR count). The number of hydrogen-bond donors (Lipinski definition) is 1. The topological polar surface area (TPSA) is 29.5 Å². The molecule has 0 amide bonds. The summed E-state index contributed by atoms with van der Waals surface area (Å²) >= 11 is 0. The van der Waals surface area contributed by atoms with E-state index in [2.05, 4.69) is 19.1 Å². The number of hydrogen-bond acceptors (Lipinski definition) is 2. The largest absolute Gasteiger partial charge is 0.393 e. The standard InChI is InChI=1S/C19H32O2/c1-2-3-4-5-9-14-19(20)15-10-11-16-21-17-18-12-7-6-8-13-18/h6-8,12-13,19-20H,2-5,9-11,14-17H2,1H3. The number of aliphatic hydroxyl groups excluding tert-OH is 1. The Hall–Kier alpha value is -0.860. The van der Waals surface area contributed by atoms with Gasteiger partial charge in [0.2, 0.25) is 0 Å². The molecule has 1 atom stereocenters. The lowest BCUT2D eigenvalue weighted by molar-refractivity contribution is 0.107. The van der Waals surface area contributed by atoms with Crippen LogP contribution >= 0.6 is 0 Å². The summed E-state index contributed by atoms with van der Waals surface area (Å²) in [6.07, 6.45) is 10.2. The maximum absolute atomic E-state index is 9.90. The lowest BCUT2D eigenvalue weighted by Crippen LogP contribution is -2.06. The summed E-state index contributed by atoms with van der Waals surface area (Å²) in [5.74, 6) is 0. The maximum Gasteiger partial charge on any atom is 0.0716 e. The average molecular weight is 292 g/mol. The van der Waals surface area contributed by atoms with Gasteiger partial charge in [-0.3, -0.25) is 0 Å². The lowest BCUT2D eigenvalue weighted by atomic mass is 10.0. The van der Waals surface area contributed by atoms with E-state index in [1.165, 1.54) is 37.7 Å². The van der Waals surface area contributed by atoms with Gasteiger partial charge < -0.3 is 9.84 Å². The van der Waals surface area contributed by atoms with Gasteiger partial charge in [0.25, 0.3) is 0 Å². The van der Waals surface area contributed by atoms with Crippen molar-refractivity contribution in [2.75, 3.05) is 6.61 Å². The van der Waals surface area contributed by atoms with E-state index in [9.17, 15) is 5.11 Å². The van der Waals surface area contributed by atoms with Crippen LogP contribution < -0.4 is 0 Å². The molecule has 0 aromatic heterocycles. The second-order valence-electron chi connectivity index (χ2n) is 5.89. The average Bonchev–Trinajstić information content (AvgIpc) is 2.51. The van der Waals surface area contributed by atoms with Gasteiger partial charge in [-0.1, -0.05) is 69.4 Å². The Morgan fingerprint density at radius 3 is 2.29 bits per heavy atom. The summed E-state index contributed by atoms with van der Waals surface area (Å²) in [4.78, 5) is 0. The third-order valence-corrected chi connectivity index (χ3v) is 3.83. The Kier molecular flexibility index (Phi) is 11.1. The van der Waals surface area contributed by atoms with Gasteiger partial charge in [0.05, 0.1) is 12.7 Å². The number of unbranched alkanes of at least 4 members (excludes halogenated alkanes) is 5. The number of aliphatic hydroxyl groups is 1. The highest BCUT2D eigenvalue weighted by Gasteiger charge is 2.03. The third kappa shape index (κ3) is 10.5. The minimum Gasteiger partial charge on any atom is -0.393 e. The quantitative estimate of drug-likeness (QED) is 0.513. The Labute approximate surface area is 130 Å². The van der Waals surface area contributed by atoms with Crippen molar-refractivity contribution >= 4 is 0 Å². The SMILES string of the molecule is CCCCCCCC(O)CCCCOCc1ccccc1. The first-order valence-corrected chi connectivity index (χ1v) is 8.62. The van der Waals surface area contributed by atoms with Gasteiger partial charge in [-0.05, 0) is 31.2 Å². The smallest absolute Gasteiger partial charge is 0.0716 e. The molecule has 1 aromatic rings. The van der Waals surface area contributed by atoms with Crippen LogP contribution in [0.15, 0.2) is 30.3 Å². The highest BCUT2D eigenvalue weighted by molar-refractivity contribution is 5.13. The van der Waals surface area contributed by atoms with Crippen LogP contribution in [-0.4, -0.2) is 17.8 Å². The Morgan fingerprint density at radius 1 is 0.905 bits per heavy atom. The van der Waals surface area contributed by atoms with Crippen LogP contribution in [0.1, 0.15) is 70.3 Å². The molecule has 120 valence electrons. The van der Waals surface area contributed by atoms with Crippen molar-refractivity contribution in [1.82, 2.24) is 0 Å². The highest BCUT2D eigenvalue weighted by Crippen LogP contribution is 2.11. The van der Waals surface area contributed by atoms with Gasteiger partial charge in [0.15, 0.2) is 0 Å². The molecule has 2 nitrogen and oxygen atoms in total. The molecule has 1 N–H and O–H groups in total. The molecule has 0 saturated carbocycles. The van der Waals surface area contributed by atoms with Crippen molar-refractivity contribution in [2.45, 2.75) is 77.4 Å². The fourth-order valence-corrected chi connectivity index (χ4v) is 2.48. The molecule has 0 fully saturated rings. The van der Waals surface area contributed by atoms with Gasteiger partial charge in [0, 0.05) is 6.61 Å². The molecule has 0 aliphatic heterocycles. The molecule has 0 heterocycles. The molecule has 0 bridgehead atoms. The second-order valence-corrected chi connectivity index (χ2v) is 5.89. The summed E-state index contributed by atoms with van der Waals surface area (Å²) in [6, 6.07) is 10.3. The van der Waals surface area contributed by atoms with E-state index < -0.39 is 0 Å². The number of rotatable bonds is 13. The van der Waals surface area contributed by atoms with Crippen molar-refractivity contribution in [3.8, 4) is 0 Å². The maximum atomic E-state index is 9.90. The van der Waals surface area contributed by atoms with Gasteiger partial charge in [-0.2, -0.15) is 0 Å². The fourth-order valence-electron chi connectivity index (χ4n) is 2.48. The van der Waals surface area contributed by atoms with Gasteiger partial charge >= 0.3 is 0 Å². The van der Waals surface area contributed by atoms with Crippen LogP contribution in [0.25, 0.3) is 0 Å². The molecule has 0 saturated heterocycles. The lowest BCUT2D eigenvalue weighted by Gasteiger charge is -2.10. The summed E-state index contributed by atoms with van der Waals surface area (Å²) in [7, 11) is 0. The van der Waals surface area contributed by atoms with Crippen LogP contribution in [0.3, 0.4) is 0 Å². The first-order valence-electron chi connectivity index (χ1n) is 8.62. The predicted molar refractivity (Wildman–Crippen MR) is 89.3 cm³/mol. The summed E-state index contributed by atoms with van der Waals surface area (Å²) in [5.41, 5.74) is 1.23. The van der Waals surface area contributed by atoms with E-state index in [0.29, 0.717) is 6.61 Å². The fraction of sp³-hybridized carbons (Fsp3) is 0.684. The van der Waals surface area contributed by atoms with Crippen molar-refractivity contribution in [2.24, 2.45) is 0 Å². The molecule has 0 spiro atoms. The monoisotopic (exact) mass is 292 g/mol. The molecule has 21 heavy (non-hydrogen) atoms. The van der Waals surface area contributed by atoms with Gasteiger partial charge in [0.1, 0.15) is 0 Å². The zero-order valence-electron chi connectivity index (χ0n) is 13.6. The molecule has 1 aromatic carbocycles. The van der Waals surface area contributed by atoms with Gasteiger partial charge in [-0.15, -0.1) is 0 Å². The summed E-state index contributed by atoms with van der Waals surface area (Å²) in [5, 5.41) is 9.90. The number of ether oxygens (including phenoxy) is 1. The number of benzene rings is 1. The van der Waals surface area contributed by atoms with Crippen LogP contribution in [-0.2, 0) is 11.3 Å². The van der Waals surface area contributed by atoms with E-state index in [1.54, 1.807) is 0 Å². The predicted octanol–water partition coefficient (Wildman–Crippen LogP) is 5.09. The van der Waals surface area contributed by atoms with Crippen molar-refractivity contribution in [3.63, 3.8) is 0 Å². The van der Waals surface area contributed by atoms with Crippen LogP contribution in [0.2, 0.25) is 0 Å². The molecule has 0 aliphatic rings. The molecule has 1 unspecified atom stereocenters. The normalized spacial score (nSPS) is 12.5. The van der Waals surface area contributed by atoms with E-state index in [-0.39, 0.29) is 6.10 Å². The minimum absolute atomic E-state index is 0.110. The van der Waals surface area contributed by atoms with Gasteiger partial charge in [-0.25, -0.2) is 0 Å². The van der Waals surface area contributed by atoms with Crippen LogP contribution in [0.5, 0.6) is 0 Å². The van der Waals surface area contributed by atoms with E-state index >= 15 is 0 Å². The summed E-state index contributed by atoms with van der Waals surface area (Å²) in [6.45, 7) is 3.72. The van der Waals surface area contributed by atoms with Crippen molar-refractivity contribution in [1.29, 1.82) is 0 Å². The minimum atomic E-state index is -0.110. The zero-order valence-corrected chi connectivity index (χ0v) is 13.6. The molecular weight excluding hydrogens is 260 g/mol. The second kappa shape index (κ2) is 12.8. The zero-order chi connectivity index (χ0) is 15.2. The first kappa shape index (κ1) is 18.2. The first-order chi connectivity index (χ1) is 10.3. The molecule has 0 aliphatic carbocycles. The molecule has 2 heteroatoms. The van der Waals surface area contributed by atoms with E-state index in [1.807, 2.05) is 18.2 Å². The Balaban J connectivity index is 1.87. The molecule has 0 radical (unpaired) electrons. The Bertz CT molecular complexity index is 324. The highest BCUT2D eigenvalue weighted by atomic mass is 16.5.